The summed E-state index contributed by atoms with van der Waals surface area (Å²) in [6.45, 7) is 2.50. The Balaban J connectivity index is 2.22. The largest absolute Gasteiger partial charge is 0.481 e. The minimum absolute atomic E-state index is 0.104. The van der Waals surface area contributed by atoms with E-state index in [1.165, 1.54) is 0 Å². The molecule has 0 radical (unpaired) electrons. The van der Waals surface area contributed by atoms with Gasteiger partial charge in [0.25, 0.3) is 0 Å². The Hall–Kier alpha value is -1.10. The summed E-state index contributed by atoms with van der Waals surface area (Å²) < 4.78 is 0. The first-order valence-corrected chi connectivity index (χ1v) is 6.30. The predicted molar refractivity (Wildman–Crippen MR) is 64.4 cm³/mol. The SMILES string of the molecule is CC[C@@H](N)C(=O)NCC1CCC(C(=O)O)CC1. The van der Waals surface area contributed by atoms with Gasteiger partial charge >= 0.3 is 5.97 Å². The van der Waals surface area contributed by atoms with Gasteiger partial charge in [-0.1, -0.05) is 6.92 Å². The lowest BCUT2D eigenvalue weighted by molar-refractivity contribution is -0.143. The molecule has 5 heteroatoms. The fourth-order valence-corrected chi connectivity index (χ4v) is 2.17. The van der Waals surface area contributed by atoms with Gasteiger partial charge in [0.2, 0.25) is 5.91 Å². The van der Waals surface area contributed by atoms with Crippen molar-refractivity contribution in [2.24, 2.45) is 17.6 Å². The Kier molecular flexibility index (Phi) is 5.41. The third-order valence-corrected chi connectivity index (χ3v) is 3.54. The Morgan fingerprint density at radius 3 is 2.41 bits per heavy atom. The summed E-state index contributed by atoms with van der Waals surface area (Å²) in [4.78, 5) is 22.2. The third-order valence-electron chi connectivity index (χ3n) is 3.54. The van der Waals surface area contributed by atoms with Gasteiger partial charge in [0.05, 0.1) is 12.0 Å². The average molecular weight is 242 g/mol. The summed E-state index contributed by atoms with van der Waals surface area (Å²) in [6.07, 6.45) is 3.82. The number of rotatable bonds is 5. The second-order valence-corrected chi connectivity index (χ2v) is 4.82. The van der Waals surface area contributed by atoms with Gasteiger partial charge in [0, 0.05) is 6.54 Å². The van der Waals surface area contributed by atoms with Crippen molar-refractivity contribution in [3.8, 4) is 0 Å². The van der Waals surface area contributed by atoms with E-state index in [1.807, 2.05) is 6.92 Å². The molecule has 0 bridgehead atoms. The first-order valence-electron chi connectivity index (χ1n) is 6.30. The zero-order chi connectivity index (χ0) is 12.8. The van der Waals surface area contributed by atoms with Gasteiger partial charge < -0.3 is 16.2 Å². The van der Waals surface area contributed by atoms with Crippen LogP contribution in [-0.4, -0.2) is 29.6 Å². The maximum Gasteiger partial charge on any atom is 0.306 e. The first-order chi connectivity index (χ1) is 8.04. The smallest absolute Gasteiger partial charge is 0.306 e. The highest BCUT2D eigenvalue weighted by molar-refractivity contribution is 5.81. The van der Waals surface area contributed by atoms with Crippen molar-refractivity contribution >= 4 is 11.9 Å². The fourth-order valence-electron chi connectivity index (χ4n) is 2.17. The molecule has 0 aromatic carbocycles. The summed E-state index contributed by atoms with van der Waals surface area (Å²) in [6, 6.07) is -0.426. The van der Waals surface area contributed by atoms with E-state index in [4.69, 9.17) is 10.8 Å². The molecule has 4 N–H and O–H groups in total. The van der Waals surface area contributed by atoms with Gasteiger partial charge in [-0.05, 0) is 38.0 Å². The number of carboxylic acid groups (broad SMARTS) is 1. The normalized spacial score (nSPS) is 26.2. The fraction of sp³-hybridized carbons (Fsp3) is 0.833. The van der Waals surface area contributed by atoms with Crippen LogP contribution in [0.3, 0.4) is 0 Å². The Morgan fingerprint density at radius 1 is 1.35 bits per heavy atom. The van der Waals surface area contributed by atoms with E-state index in [-0.39, 0.29) is 11.8 Å². The maximum absolute atomic E-state index is 11.5. The van der Waals surface area contributed by atoms with Crippen molar-refractivity contribution in [3.05, 3.63) is 0 Å². The number of nitrogens with one attached hydrogen (secondary N) is 1. The van der Waals surface area contributed by atoms with E-state index < -0.39 is 12.0 Å². The Labute approximate surface area is 102 Å². The third kappa shape index (κ3) is 4.34. The molecule has 1 aliphatic carbocycles. The number of carbonyl (C=O) groups excluding carboxylic acids is 1. The van der Waals surface area contributed by atoms with Crippen LogP contribution >= 0.6 is 0 Å². The number of carbonyl (C=O) groups is 2. The minimum Gasteiger partial charge on any atom is -0.481 e. The van der Waals surface area contributed by atoms with Crippen LogP contribution in [0.15, 0.2) is 0 Å². The molecular formula is C12H22N2O3. The molecule has 0 aliphatic heterocycles. The highest BCUT2D eigenvalue weighted by Gasteiger charge is 2.26. The molecule has 0 aromatic heterocycles. The van der Waals surface area contributed by atoms with E-state index in [0.717, 1.165) is 25.7 Å². The lowest BCUT2D eigenvalue weighted by Gasteiger charge is -2.26. The number of amides is 1. The standard InChI is InChI=1S/C12H22N2O3/c1-2-10(13)11(15)14-7-8-3-5-9(6-4-8)12(16)17/h8-10H,2-7,13H2,1H3,(H,14,15)(H,16,17)/t8?,9?,10-/m1/s1. The van der Waals surface area contributed by atoms with Crippen molar-refractivity contribution in [1.82, 2.24) is 5.32 Å². The topological polar surface area (TPSA) is 92.4 Å². The van der Waals surface area contributed by atoms with E-state index in [0.29, 0.717) is 18.9 Å². The van der Waals surface area contributed by atoms with Crippen LogP contribution < -0.4 is 11.1 Å². The monoisotopic (exact) mass is 242 g/mol. The molecule has 0 heterocycles. The number of nitrogens with two attached hydrogens (primary N) is 1. The van der Waals surface area contributed by atoms with Gasteiger partial charge in [-0.25, -0.2) is 0 Å². The summed E-state index contributed by atoms with van der Waals surface area (Å²) in [5.41, 5.74) is 5.60. The molecule has 98 valence electrons. The molecule has 0 spiro atoms. The van der Waals surface area contributed by atoms with Crippen molar-refractivity contribution in [3.63, 3.8) is 0 Å². The molecule has 1 saturated carbocycles. The number of carboxylic acids is 1. The summed E-state index contributed by atoms with van der Waals surface area (Å²) in [7, 11) is 0. The molecule has 1 aliphatic rings. The summed E-state index contributed by atoms with van der Waals surface area (Å²) in [5.74, 6) is -0.591. The zero-order valence-electron chi connectivity index (χ0n) is 10.3. The molecule has 0 aromatic rings. The molecule has 0 unspecified atom stereocenters. The van der Waals surface area contributed by atoms with Crippen LogP contribution in [0.1, 0.15) is 39.0 Å². The van der Waals surface area contributed by atoms with Gasteiger partial charge in [0.1, 0.15) is 0 Å². The number of hydrogen-bond acceptors (Lipinski definition) is 3. The van der Waals surface area contributed by atoms with Crippen LogP contribution in [0, 0.1) is 11.8 Å². The zero-order valence-corrected chi connectivity index (χ0v) is 10.3. The van der Waals surface area contributed by atoms with Crippen LogP contribution in [0.4, 0.5) is 0 Å². The van der Waals surface area contributed by atoms with Crippen LogP contribution in [0.25, 0.3) is 0 Å². The molecule has 1 fully saturated rings. The van der Waals surface area contributed by atoms with E-state index >= 15 is 0 Å². The number of hydrogen-bond donors (Lipinski definition) is 3. The van der Waals surface area contributed by atoms with Crippen LogP contribution in [0.5, 0.6) is 0 Å². The Morgan fingerprint density at radius 2 is 1.94 bits per heavy atom. The highest BCUT2D eigenvalue weighted by Crippen LogP contribution is 2.28. The van der Waals surface area contributed by atoms with Gasteiger partial charge in [-0.2, -0.15) is 0 Å². The van der Waals surface area contributed by atoms with Crippen molar-refractivity contribution in [2.75, 3.05) is 6.54 Å². The molecule has 17 heavy (non-hydrogen) atoms. The highest BCUT2D eigenvalue weighted by atomic mass is 16.4. The second kappa shape index (κ2) is 6.59. The molecule has 1 atom stereocenters. The van der Waals surface area contributed by atoms with Crippen LogP contribution in [0.2, 0.25) is 0 Å². The van der Waals surface area contributed by atoms with Crippen LogP contribution in [-0.2, 0) is 9.59 Å². The maximum atomic E-state index is 11.5. The van der Waals surface area contributed by atoms with E-state index in [1.54, 1.807) is 0 Å². The molecule has 0 saturated heterocycles. The lowest BCUT2D eigenvalue weighted by Crippen LogP contribution is -2.42. The Bertz CT molecular complexity index is 273. The molecule has 1 amide bonds. The van der Waals surface area contributed by atoms with Crippen molar-refractivity contribution < 1.29 is 14.7 Å². The molecular weight excluding hydrogens is 220 g/mol. The van der Waals surface area contributed by atoms with Gasteiger partial charge in [-0.15, -0.1) is 0 Å². The second-order valence-electron chi connectivity index (χ2n) is 4.82. The van der Waals surface area contributed by atoms with E-state index in [2.05, 4.69) is 5.32 Å². The summed E-state index contributed by atoms with van der Waals surface area (Å²) in [5, 5.41) is 11.7. The quantitative estimate of drug-likeness (QED) is 0.662. The number of aliphatic carboxylic acids is 1. The lowest BCUT2D eigenvalue weighted by atomic mass is 9.82. The molecule has 5 nitrogen and oxygen atoms in total. The molecule has 1 rings (SSSR count). The minimum atomic E-state index is -0.694. The summed E-state index contributed by atoms with van der Waals surface area (Å²) >= 11 is 0. The van der Waals surface area contributed by atoms with Crippen molar-refractivity contribution in [2.45, 2.75) is 45.1 Å². The van der Waals surface area contributed by atoms with Gasteiger partial charge in [-0.3, -0.25) is 9.59 Å². The predicted octanol–water partition coefficient (Wildman–Crippen LogP) is 0.731. The van der Waals surface area contributed by atoms with Crippen molar-refractivity contribution in [1.29, 1.82) is 0 Å². The average Bonchev–Trinajstić information content (AvgIpc) is 2.35. The van der Waals surface area contributed by atoms with E-state index in [9.17, 15) is 9.59 Å². The van der Waals surface area contributed by atoms with Gasteiger partial charge in [0.15, 0.2) is 0 Å². The first kappa shape index (κ1) is 14.0.